The summed E-state index contributed by atoms with van der Waals surface area (Å²) in [5.74, 6) is -0.462. The zero-order chi connectivity index (χ0) is 10.0. The average Bonchev–Trinajstić information content (AvgIpc) is 2.03. The molecule has 1 N–H and O–H groups in total. The van der Waals surface area contributed by atoms with Gasteiger partial charge in [-0.2, -0.15) is 5.26 Å². The van der Waals surface area contributed by atoms with Gasteiger partial charge in [0.1, 0.15) is 6.07 Å². The van der Waals surface area contributed by atoms with Gasteiger partial charge in [-0.25, -0.2) is 0 Å². The van der Waals surface area contributed by atoms with Gasteiger partial charge in [-0.15, -0.1) is 0 Å². The maximum Gasteiger partial charge on any atom is 0.312 e. The van der Waals surface area contributed by atoms with Gasteiger partial charge in [-0.3, -0.25) is 10.1 Å². The molecule has 0 radical (unpaired) electrons. The van der Waals surface area contributed by atoms with E-state index in [0.717, 1.165) is 12.1 Å². The first-order valence-corrected chi connectivity index (χ1v) is 3.92. The summed E-state index contributed by atoms with van der Waals surface area (Å²) in [5.41, 5.74) is -0.357. The number of benzene rings is 1. The van der Waals surface area contributed by atoms with Crippen LogP contribution in [0.1, 0.15) is 5.56 Å². The highest BCUT2D eigenvalue weighted by molar-refractivity contribution is 9.10. The maximum absolute atomic E-state index is 10.3. The molecule has 66 valence electrons. The van der Waals surface area contributed by atoms with Gasteiger partial charge in [0.2, 0.25) is 0 Å². The molecule has 1 rings (SSSR count). The van der Waals surface area contributed by atoms with Gasteiger partial charge in [0.15, 0.2) is 5.75 Å². The predicted molar refractivity (Wildman–Crippen MR) is 47.2 cm³/mol. The van der Waals surface area contributed by atoms with Crippen molar-refractivity contribution in [2.75, 3.05) is 0 Å². The lowest BCUT2D eigenvalue weighted by atomic mass is 10.2. The van der Waals surface area contributed by atoms with Crippen molar-refractivity contribution >= 4 is 21.6 Å². The van der Waals surface area contributed by atoms with Crippen molar-refractivity contribution in [2.24, 2.45) is 0 Å². The van der Waals surface area contributed by atoms with Gasteiger partial charge < -0.3 is 5.11 Å². The van der Waals surface area contributed by atoms with Gasteiger partial charge in [0, 0.05) is 16.6 Å². The van der Waals surface area contributed by atoms with Crippen molar-refractivity contribution in [3.05, 3.63) is 32.3 Å². The number of aromatic hydroxyl groups is 1. The van der Waals surface area contributed by atoms with Gasteiger partial charge in [-0.1, -0.05) is 0 Å². The monoisotopic (exact) mass is 242 g/mol. The van der Waals surface area contributed by atoms with E-state index in [2.05, 4.69) is 15.9 Å². The van der Waals surface area contributed by atoms with Gasteiger partial charge in [0.25, 0.3) is 0 Å². The average molecular weight is 243 g/mol. The molecule has 0 aliphatic heterocycles. The Morgan fingerprint density at radius 1 is 1.62 bits per heavy atom. The minimum Gasteiger partial charge on any atom is -0.502 e. The molecule has 0 unspecified atom stereocenters. The van der Waals surface area contributed by atoms with Crippen molar-refractivity contribution in [2.45, 2.75) is 0 Å². The number of halogens is 1. The second kappa shape index (κ2) is 3.41. The predicted octanol–water partition coefficient (Wildman–Crippen LogP) is 1.93. The molecule has 0 aromatic heterocycles. The molecule has 6 heteroatoms. The Labute approximate surface area is 81.5 Å². The number of hydrogen-bond acceptors (Lipinski definition) is 4. The summed E-state index contributed by atoms with van der Waals surface area (Å²) in [6.07, 6.45) is 0. The molecule has 0 atom stereocenters. The number of hydrogen-bond donors (Lipinski definition) is 1. The standard InChI is InChI=1S/C7H3BrN2O3/c8-5-2-7(11)6(10(12)13)1-4(5)3-9/h1-2,11H. The third-order valence-corrected chi connectivity index (χ3v) is 2.04. The molecule has 0 saturated carbocycles. The molecule has 0 aliphatic carbocycles. The van der Waals surface area contributed by atoms with E-state index in [1.165, 1.54) is 0 Å². The second-order valence-electron chi connectivity index (χ2n) is 2.19. The first-order chi connectivity index (χ1) is 6.06. The molecule has 0 heterocycles. The van der Waals surface area contributed by atoms with Gasteiger partial charge in [0.05, 0.1) is 10.5 Å². The summed E-state index contributed by atoms with van der Waals surface area (Å²) < 4.78 is 0.332. The van der Waals surface area contributed by atoms with E-state index < -0.39 is 16.4 Å². The molecule has 0 saturated heterocycles. The van der Waals surface area contributed by atoms with Crippen LogP contribution in [0.15, 0.2) is 16.6 Å². The minimum absolute atomic E-state index is 0.115. The molecule has 13 heavy (non-hydrogen) atoms. The lowest BCUT2D eigenvalue weighted by Gasteiger charge is -1.97. The van der Waals surface area contributed by atoms with E-state index in [9.17, 15) is 10.1 Å². The number of nitrogens with zero attached hydrogens (tertiary/aromatic N) is 2. The number of rotatable bonds is 1. The van der Waals surface area contributed by atoms with Crippen LogP contribution in [0.3, 0.4) is 0 Å². The van der Waals surface area contributed by atoms with E-state index in [1.54, 1.807) is 6.07 Å². The fourth-order valence-corrected chi connectivity index (χ4v) is 1.20. The SMILES string of the molecule is N#Cc1cc([N+](=O)[O-])c(O)cc1Br. The largest absolute Gasteiger partial charge is 0.502 e. The van der Waals surface area contributed by atoms with Crippen LogP contribution < -0.4 is 0 Å². The van der Waals surface area contributed by atoms with Crippen molar-refractivity contribution in [3.8, 4) is 11.8 Å². The van der Waals surface area contributed by atoms with Crippen LogP contribution in [-0.2, 0) is 0 Å². The van der Waals surface area contributed by atoms with E-state index in [-0.39, 0.29) is 5.56 Å². The van der Waals surface area contributed by atoms with Crippen molar-refractivity contribution in [1.29, 1.82) is 5.26 Å². The Morgan fingerprint density at radius 3 is 2.69 bits per heavy atom. The zero-order valence-electron chi connectivity index (χ0n) is 6.19. The number of phenols is 1. The molecule has 0 aliphatic rings. The number of phenolic OH excluding ortho intramolecular Hbond substituents is 1. The molecule has 5 nitrogen and oxygen atoms in total. The molecule has 0 fully saturated rings. The highest BCUT2D eigenvalue weighted by Gasteiger charge is 2.16. The highest BCUT2D eigenvalue weighted by Crippen LogP contribution is 2.31. The second-order valence-corrected chi connectivity index (χ2v) is 3.04. The number of nitriles is 1. The number of nitro benzene ring substituents is 1. The summed E-state index contributed by atoms with van der Waals surface area (Å²) in [6, 6.07) is 3.89. The fraction of sp³-hybridized carbons (Fsp3) is 0. The molecule has 0 bridgehead atoms. The van der Waals surface area contributed by atoms with E-state index in [0.29, 0.717) is 4.47 Å². The third-order valence-electron chi connectivity index (χ3n) is 1.38. The molecule has 1 aromatic rings. The van der Waals surface area contributed by atoms with Crippen LogP contribution in [0, 0.1) is 21.4 Å². The summed E-state index contributed by atoms with van der Waals surface area (Å²) in [4.78, 5) is 9.57. The van der Waals surface area contributed by atoms with Crippen molar-refractivity contribution in [1.82, 2.24) is 0 Å². The van der Waals surface area contributed by atoms with E-state index >= 15 is 0 Å². The quantitative estimate of drug-likeness (QED) is 0.602. The van der Waals surface area contributed by atoms with Crippen LogP contribution in [0.4, 0.5) is 5.69 Å². The van der Waals surface area contributed by atoms with Crippen LogP contribution in [0.25, 0.3) is 0 Å². The van der Waals surface area contributed by atoms with Crippen LogP contribution in [-0.4, -0.2) is 10.0 Å². The molecular weight excluding hydrogens is 240 g/mol. The van der Waals surface area contributed by atoms with Crippen molar-refractivity contribution in [3.63, 3.8) is 0 Å². The van der Waals surface area contributed by atoms with Crippen LogP contribution in [0.2, 0.25) is 0 Å². The topological polar surface area (TPSA) is 87.2 Å². The molecule has 0 spiro atoms. The summed E-state index contributed by atoms with van der Waals surface area (Å²) in [5, 5.41) is 28.0. The minimum atomic E-state index is -0.747. The Bertz CT molecular complexity index is 411. The molecular formula is C7H3BrN2O3. The Hall–Kier alpha value is -1.61. The van der Waals surface area contributed by atoms with Gasteiger partial charge >= 0.3 is 5.69 Å². The normalized spacial score (nSPS) is 9.23. The summed E-state index contributed by atoms with van der Waals surface area (Å²) in [7, 11) is 0. The van der Waals surface area contributed by atoms with Crippen LogP contribution >= 0.6 is 15.9 Å². The highest BCUT2D eigenvalue weighted by atomic mass is 79.9. The smallest absolute Gasteiger partial charge is 0.312 e. The Morgan fingerprint density at radius 2 is 2.23 bits per heavy atom. The van der Waals surface area contributed by atoms with Crippen molar-refractivity contribution < 1.29 is 10.0 Å². The third kappa shape index (κ3) is 1.76. The number of nitro groups is 1. The Balaban J connectivity index is 3.41. The lowest BCUT2D eigenvalue weighted by Crippen LogP contribution is -1.90. The van der Waals surface area contributed by atoms with E-state index in [1.807, 2.05) is 0 Å². The summed E-state index contributed by atoms with van der Waals surface area (Å²) >= 11 is 2.99. The maximum atomic E-state index is 10.3. The van der Waals surface area contributed by atoms with E-state index in [4.69, 9.17) is 10.4 Å². The Kier molecular flexibility index (Phi) is 2.49. The van der Waals surface area contributed by atoms with Crippen LogP contribution in [0.5, 0.6) is 5.75 Å². The molecule has 1 aromatic carbocycles. The molecule has 0 amide bonds. The lowest BCUT2D eigenvalue weighted by molar-refractivity contribution is -0.385. The first-order valence-electron chi connectivity index (χ1n) is 3.13. The summed E-state index contributed by atoms with van der Waals surface area (Å²) in [6.45, 7) is 0. The van der Waals surface area contributed by atoms with Gasteiger partial charge in [-0.05, 0) is 15.9 Å². The first kappa shape index (κ1) is 9.48. The zero-order valence-corrected chi connectivity index (χ0v) is 7.78. The fourth-order valence-electron chi connectivity index (χ4n) is 0.783.